The molecule has 0 radical (unpaired) electrons. The molecule has 0 aliphatic heterocycles. The van der Waals surface area contributed by atoms with Gasteiger partial charge >= 0.3 is 0 Å². The molecular formula is C14H12F2. The molecule has 82 valence electrons. The van der Waals surface area contributed by atoms with Crippen LogP contribution in [0.2, 0.25) is 0 Å². The minimum absolute atomic E-state index is 0.172. The summed E-state index contributed by atoms with van der Waals surface area (Å²) in [7, 11) is 0. The zero-order valence-electron chi connectivity index (χ0n) is 8.74. The first-order valence-electron chi connectivity index (χ1n) is 5.18. The van der Waals surface area contributed by atoms with Gasteiger partial charge in [0.05, 0.1) is 0 Å². The van der Waals surface area contributed by atoms with Crippen LogP contribution in [0, 0.1) is 0 Å². The number of hydrogen-bond acceptors (Lipinski definition) is 0. The van der Waals surface area contributed by atoms with Gasteiger partial charge in [-0.25, -0.2) is 8.78 Å². The molecule has 0 saturated carbocycles. The van der Waals surface area contributed by atoms with Gasteiger partial charge in [0, 0.05) is 6.42 Å². The summed E-state index contributed by atoms with van der Waals surface area (Å²) in [4.78, 5) is 0. The number of rotatable bonds is 3. The average Bonchev–Trinajstić information content (AvgIpc) is 2.30. The van der Waals surface area contributed by atoms with Crippen LogP contribution in [0.3, 0.4) is 0 Å². The Labute approximate surface area is 93.5 Å². The zero-order chi connectivity index (χ0) is 11.4. The van der Waals surface area contributed by atoms with Crippen molar-refractivity contribution in [3.63, 3.8) is 0 Å². The van der Waals surface area contributed by atoms with E-state index in [-0.39, 0.29) is 6.42 Å². The van der Waals surface area contributed by atoms with Gasteiger partial charge in [-0.05, 0) is 16.7 Å². The van der Waals surface area contributed by atoms with E-state index in [1.54, 1.807) is 12.1 Å². The monoisotopic (exact) mass is 217 g/mol. The van der Waals surface area contributed by atoms with Gasteiger partial charge in [-0.2, -0.15) is 0 Å². The second kappa shape index (κ2) is 4.88. The van der Waals surface area contributed by atoms with E-state index in [0.717, 1.165) is 11.1 Å². The van der Waals surface area contributed by atoms with Crippen molar-refractivity contribution >= 4 is 0 Å². The fourth-order valence-electron chi connectivity index (χ4n) is 1.64. The Hall–Kier alpha value is -1.70. The first-order valence-corrected chi connectivity index (χ1v) is 5.18. The van der Waals surface area contributed by atoms with E-state index in [1.807, 2.05) is 42.5 Å². The zero-order valence-corrected chi connectivity index (χ0v) is 8.74. The number of alkyl halides is 2. The second-order valence-electron chi connectivity index (χ2n) is 3.66. The maximum Gasteiger partial charge on any atom is 0.242 e. The Bertz CT molecular complexity index is 432. The molecule has 2 heteroatoms. The molecule has 0 aliphatic carbocycles. The summed E-state index contributed by atoms with van der Waals surface area (Å²) in [6, 6.07) is 17.2. The molecule has 0 spiro atoms. The van der Waals surface area contributed by atoms with Crippen molar-refractivity contribution < 1.29 is 8.78 Å². The van der Waals surface area contributed by atoms with Crippen molar-refractivity contribution in [1.82, 2.24) is 0 Å². The molecule has 2 aromatic carbocycles. The Morgan fingerprint density at radius 3 is 1.88 bits per heavy atom. The van der Waals surface area contributed by atoms with Crippen LogP contribution in [0.5, 0.6) is 0 Å². The molecule has 2 rings (SSSR count). The van der Waals surface area contributed by atoms with Gasteiger partial charge < -0.3 is 0 Å². The molecule has 1 atom stereocenters. The van der Waals surface area contributed by atoms with Crippen LogP contribution >= 0.6 is 0 Å². The van der Waals surface area contributed by atoms with Crippen molar-refractivity contribution in [2.75, 3.05) is 0 Å². The summed E-state index contributed by atoms with van der Waals surface area (Å²) < 4.78 is 24.3. The van der Waals surface area contributed by atoms with E-state index < -0.39 is 6.43 Å². The minimum atomic E-state index is -2.28. The lowest BCUT2D eigenvalue weighted by atomic mass is 10.0. The van der Waals surface area contributed by atoms with E-state index in [4.69, 9.17) is 0 Å². The summed E-state index contributed by atoms with van der Waals surface area (Å²) in [5, 5.41) is 0. The van der Waals surface area contributed by atoms with Gasteiger partial charge in [-0.1, -0.05) is 54.6 Å². The van der Waals surface area contributed by atoms with Crippen LogP contribution < -0.4 is 0 Å². The van der Waals surface area contributed by atoms with Crippen LogP contribution in [-0.4, -0.2) is 6.43 Å². The lowest BCUT2D eigenvalue weighted by molar-refractivity contribution is 0.149. The molecule has 0 saturated heterocycles. The molecule has 0 N–H and O–H groups in total. The van der Waals surface area contributed by atoms with E-state index in [2.05, 4.69) is 0 Å². The van der Waals surface area contributed by atoms with Crippen molar-refractivity contribution in [3.05, 3.63) is 60.2 Å². The molecule has 0 aromatic heterocycles. The van der Waals surface area contributed by atoms with Gasteiger partial charge in [-0.15, -0.1) is 0 Å². The predicted molar refractivity (Wildman–Crippen MR) is 61.6 cm³/mol. The Kier molecular flexibility index (Phi) is 3.30. The van der Waals surface area contributed by atoms with Crippen LogP contribution in [0.4, 0.5) is 8.78 Å². The van der Waals surface area contributed by atoms with Crippen LogP contribution in [0.25, 0.3) is 11.1 Å². The van der Waals surface area contributed by atoms with Gasteiger partial charge in [-0.3, -0.25) is 0 Å². The van der Waals surface area contributed by atoms with E-state index in [1.165, 1.54) is 0 Å². The highest BCUT2D eigenvalue weighted by Crippen LogP contribution is 2.19. The highest BCUT2D eigenvalue weighted by Gasteiger charge is 2.04. The maximum atomic E-state index is 12.1. The molecule has 0 nitrogen and oxygen atoms in total. The fraction of sp³-hybridized carbons (Fsp3) is 0.143. The van der Waals surface area contributed by atoms with Gasteiger partial charge in [0.2, 0.25) is 6.43 Å². The average molecular weight is 217 g/mol. The van der Waals surface area contributed by atoms with Gasteiger partial charge in [0.1, 0.15) is 0 Å². The lowest BCUT2D eigenvalue weighted by Crippen LogP contribution is -1.95. The largest absolute Gasteiger partial charge is 0.242 e. The third kappa shape index (κ3) is 2.66. The van der Waals surface area contributed by atoms with Gasteiger partial charge in [0.25, 0.3) is 0 Å². The molecular weight excluding hydrogens is 205 g/mol. The fourth-order valence-corrected chi connectivity index (χ4v) is 1.64. The third-order valence-electron chi connectivity index (χ3n) is 2.45. The first-order chi connectivity index (χ1) is 7.75. The van der Waals surface area contributed by atoms with Crippen LogP contribution in [-0.2, 0) is 6.42 Å². The van der Waals surface area contributed by atoms with Crippen molar-refractivity contribution in [3.8, 4) is 11.1 Å². The summed E-state index contributed by atoms with van der Waals surface area (Å²) >= 11 is 0. The minimum Gasteiger partial charge on any atom is -0.210 e. The Morgan fingerprint density at radius 1 is 0.750 bits per heavy atom. The summed E-state index contributed by atoms with van der Waals surface area (Å²) in [5.41, 5.74) is 2.83. The third-order valence-corrected chi connectivity index (χ3v) is 2.45. The Morgan fingerprint density at radius 2 is 1.31 bits per heavy atom. The molecule has 16 heavy (non-hydrogen) atoms. The second-order valence-corrected chi connectivity index (χ2v) is 3.66. The molecule has 0 bridgehead atoms. The quantitative estimate of drug-likeness (QED) is 0.724. The summed E-state index contributed by atoms with van der Waals surface area (Å²) in [5.74, 6) is 0. The first kappa shape index (κ1) is 10.8. The highest BCUT2D eigenvalue weighted by atomic mass is 19.2. The molecule has 0 fully saturated rings. The molecule has 0 heterocycles. The van der Waals surface area contributed by atoms with Crippen molar-refractivity contribution in [1.29, 1.82) is 0 Å². The van der Waals surface area contributed by atoms with E-state index >= 15 is 0 Å². The smallest absolute Gasteiger partial charge is 0.210 e. The number of halogens is 2. The number of benzene rings is 2. The molecule has 0 aliphatic rings. The normalized spacial score (nSPS) is 12.4. The number of hydrogen-bond donors (Lipinski definition) is 0. The van der Waals surface area contributed by atoms with E-state index in [0.29, 0.717) is 5.56 Å². The summed E-state index contributed by atoms with van der Waals surface area (Å²) in [6.45, 7) is 0. The molecule has 2 aromatic rings. The van der Waals surface area contributed by atoms with E-state index in [9.17, 15) is 8.78 Å². The highest BCUT2D eigenvalue weighted by molar-refractivity contribution is 5.63. The molecule has 1 unspecified atom stereocenters. The SMILES string of the molecule is FC([18F])Cc1ccc(-c2ccccc2)cc1. The Balaban J connectivity index is 2.20. The van der Waals surface area contributed by atoms with Crippen LogP contribution in [0.15, 0.2) is 54.6 Å². The molecule has 0 amide bonds. The predicted octanol–water partition coefficient (Wildman–Crippen LogP) is 4.16. The maximum absolute atomic E-state index is 12.1. The topological polar surface area (TPSA) is 0 Å². The van der Waals surface area contributed by atoms with Gasteiger partial charge in [0.15, 0.2) is 0 Å². The standard InChI is InChI=1S/C14H12F2/c15-14(16)10-11-6-8-13(9-7-11)12-4-2-1-3-5-12/h1-9,14H,10H2/i15-1. The summed E-state index contributed by atoms with van der Waals surface area (Å²) in [6.07, 6.45) is -2.45. The lowest BCUT2D eigenvalue weighted by Gasteiger charge is -2.03. The van der Waals surface area contributed by atoms with Crippen molar-refractivity contribution in [2.45, 2.75) is 12.8 Å². The van der Waals surface area contributed by atoms with Crippen LogP contribution in [0.1, 0.15) is 5.56 Å². The van der Waals surface area contributed by atoms with Crippen molar-refractivity contribution in [2.24, 2.45) is 0 Å².